The molecule has 0 bridgehead atoms. The first-order valence-corrected chi connectivity index (χ1v) is 6.01. The lowest BCUT2D eigenvalue weighted by Crippen LogP contribution is -2.15. The molecule has 0 amide bonds. The number of hydrogen-bond donors (Lipinski definition) is 0. The molecule has 0 radical (unpaired) electrons. The Hall–Kier alpha value is -0.970. The second-order valence-electron chi connectivity index (χ2n) is 3.30. The van der Waals surface area contributed by atoms with Gasteiger partial charge in [-0.05, 0) is 0 Å². The summed E-state index contributed by atoms with van der Waals surface area (Å²) in [6.45, 7) is 2.81. The molecule has 15 heavy (non-hydrogen) atoms. The number of methoxy groups -OCH3 is 1. The fourth-order valence-corrected chi connectivity index (χ4v) is 2.11. The van der Waals surface area contributed by atoms with Gasteiger partial charge in [-0.2, -0.15) is 11.8 Å². The van der Waals surface area contributed by atoms with Gasteiger partial charge in [0.25, 0.3) is 0 Å². The number of thioether (sulfide) groups is 1. The zero-order valence-electron chi connectivity index (χ0n) is 9.05. The Balaban J connectivity index is 2.09. The van der Waals surface area contributed by atoms with E-state index in [1.54, 1.807) is 24.3 Å². The van der Waals surface area contributed by atoms with Gasteiger partial charge in [0.05, 0.1) is 19.4 Å². The summed E-state index contributed by atoms with van der Waals surface area (Å²) in [6, 6.07) is 0. The summed E-state index contributed by atoms with van der Waals surface area (Å²) in [7, 11) is 1.43. The van der Waals surface area contributed by atoms with Gasteiger partial charge >= 0.3 is 5.97 Å². The average molecular weight is 228 g/mol. The van der Waals surface area contributed by atoms with E-state index in [1.165, 1.54) is 7.11 Å². The third kappa shape index (κ3) is 4.38. The highest BCUT2D eigenvalue weighted by Gasteiger charge is 2.12. The van der Waals surface area contributed by atoms with E-state index in [9.17, 15) is 4.79 Å². The highest BCUT2D eigenvalue weighted by Crippen LogP contribution is 2.10. The molecule has 0 saturated carbocycles. The van der Waals surface area contributed by atoms with Gasteiger partial charge < -0.3 is 9.30 Å². The molecule has 1 aromatic heterocycles. The molecular weight excluding hydrogens is 212 g/mol. The van der Waals surface area contributed by atoms with Crippen molar-refractivity contribution in [3.63, 3.8) is 0 Å². The van der Waals surface area contributed by atoms with Crippen molar-refractivity contribution in [1.29, 1.82) is 0 Å². The minimum absolute atomic E-state index is 0.0252. The lowest BCUT2D eigenvalue weighted by Gasteiger charge is -2.08. The normalized spacial score (nSPS) is 12.4. The molecule has 1 rings (SSSR count). The maximum atomic E-state index is 11.1. The van der Waals surface area contributed by atoms with Crippen molar-refractivity contribution in [2.24, 2.45) is 5.92 Å². The second kappa shape index (κ2) is 6.50. The Morgan fingerprint density at radius 1 is 1.67 bits per heavy atom. The predicted octanol–water partition coefficient (Wildman–Crippen LogP) is 1.43. The van der Waals surface area contributed by atoms with Gasteiger partial charge in [0.1, 0.15) is 0 Å². The number of rotatable bonds is 6. The van der Waals surface area contributed by atoms with Gasteiger partial charge in [0.15, 0.2) is 0 Å². The maximum absolute atomic E-state index is 11.1. The van der Waals surface area contributed by atoms with Gasteiger partial charge in [-0.15, -0.1) is 0 Å². The van der Waals surface area contributed by atoms with Gasteiger partial charge in [-0.3, -0.25) is 4.79 Å². The average Bonchev–Trinajstić information content (AvgIpc) is 2.75. The molecule has 4 nitrogen and oxygen atoms in total. The largest absolute Gasteiger partial charge is 0.469 e. The van der Waals surface area contributed by atoms with E-state index in [0.29, 0.717) is 0 Å². The van der Waals surface area contributed by atoms with Crippen LogP contribution in [0, 0.1) is 5.92 Å². The van der Waals surface area contributed by atoms with Crippen LogP contribution in [-0.2, 0) is 16.1 Å². The Morgan fingerprint density at radius 2 is 2.47 bits per heavy atom. The molecule has 0 fully saturated rings. The first-order valence-electron chi connectivity index (χ1n) is 4.85. The molecular formula is C10H16N2O2S. The molecule has 5 heteroatoms. The standard InChI is InChI=1S/C10H16N2O2S/c1-9(10(13)14-2)7-15-6-5-12-4-3-11-8-12/h3-4,8-9H,5-7H2,1-2H3. The number of ether oxygens (including phenoxy) is 1. The molecule has 0 saturated heterocycles. The summed E-state index contributed by atoms with van der Waals surface area (Å²) < 4.78 is 6.67. The molecule has 0 N–H and O–H groups in total. The Bertz CT molecular complexity index is 288. The number of carbonyl (C=O) groups is 1. The van der Waals surface area contributed by atoms with E-state index in [2.05, 4.69) is 9.72 Å². The number of hydrogen-bond acceptors (Lipinski definition) is 4. The van der Waals surface area contributed by atoms with E-state index in [1.807, 2.05) is 17.7 Å². The van der Waals surface area contributed by atoms with Crippen molar-refractivity contribution in [1.82, 2.24) is 9.55 Å². The fourth-order valence-electron chi connectivity index (χ4n) is 1.12. The predicted molar refractivity (Wildman–Crippen MR) is 60.7 cm³/mol. The van der Waals surface area contributed by atoms with Crippen LogP contribution in [0.4, 0.5) is 0 Å². The number of nitrogens with zero attached hydrogens (tertiary/aromatic N) is 2. The molecule has 1 atom stereocenters. The smallest absolute Gasteiger partial charge is 0.309 e. The third-order valence-electron chi connectivity index (χ3n) is 2.02. The van der Waals surface area contributed by atoms with E-state index in [0.717, 1.165) is 18.1 Å². The van der Waals surface area contributed by atoms with Crippen LogP contribution < -0.4 is 0 Å². The van der Waals surface area contributed by atoms with Crippen molar-refractivity contribution in [3.05, 3.63) is 18.7 Å². The number of carbonyl (C=O) groups excluding carboxylic acids is 1. The summed E-state index contributed by atoms with van der Waals surface area (Å²) in [5.41, 5.74) is 0. The van der Waals surface area contributed by atoms with Crippen LogP contribution in [-0.4, -0.2) is 34.1 Å². The second-order valence-corrected chi connectivity index (χ2v) is 4.45. The van der Waals surface area contributed by atoms with Crippen LogP contribution in [0.3, 0.4) is 0 Å². The fraction of sp³-hybridized carbons (Fsp3) is 0.600. The van der Waals surface area contributed by atoms with Crippen molar-refractivity contribution >= 4 is 17.7 Å². The first kappa shape index (κ1) is 12.1. The zero-order chi connectivity index (χ0) is 11.1. The van der Waals surface area contributed by atoms with Crippen LogP contribution in [0.1, 0.15) is 6.92 Å². The molecule has 0 aliphatic rings. The van der Waals surface area contributed by atoms with Gasteiger partial charge in [0, 0.05) is 30.4 Å². The first-order chi connectivity index (χ1) is 7.24. The minimum atomic E-state index is -0.134. The molecule has 0 aliphatic heterocycles. The van der Waals surface area contributed by atoms with Crippen LogP contribution >= 0.6 is 11.8 Å². The number of aryl methyl sites for hydroxylation is 1. The number of imidazole rings is 1. The maximum Gasteiger partial charge on any atom is 0.309 e. The topological polar surface area (TPSA) is 44.1 Å². The minimum Gasteiger partial charge on any atom is -0.469 e. The molecule has 0 spiro atoms. The molecule has 0 aromatic carbocycles. The van der Waals surface area contributed by atoms with Crippen molar-refractivity contribution < 1.29 is 9.53 Å². The SMILES string of the molecule is COC(=O)C(C)CSCCn1ccnc1. The lowest BCUT2D eigenvalue weighted by atomic mass is 10.2. The van der Waals surface area contributed by atoms with Gasteiger partial charge in [0.2, 0.25) is 0 Å². The third-order valence-corrected chi connectivity index (χ3v) is 3.23. The molecule has 84 valence electrons. The Morgan fingerprint density at radius 3 is 3.07 bits per heavy atom. The van der Waals surface area contributed by atoms with E-state index >= 15 is 0 Å². The molecule has 1 aromatic rings. The van der Waals surface area contributed by atoms with Crippen LogP contribution in [0.2, 0.25) is 0 Å². The highest BCUT2D eigenvalue weighted by atomic mass is 32.2. The van der Waals surface area contributed by atoms with Crippen LogP contribution in [0.25, 0.3) is 0 Å². The summed E-state index contributed by atoms with van der Waals surface area (Å²) >= 11 is 1.75. The lowest BCUT2D eigenvalue weighted by molar-refractivity contribution is -0.143. The monoisotopic (exact) mass is 228 g/mol. The van der Waals surface area contributed by atoms with Crippen LogP contribution in [0.15, 0.2) is 18.7 Å². The van der Waals surface area contributed by atoms with Gasteiger partial charge in [-0.1, -0.05) is 6.92 Å². The molecule has 1 heterocycles. The Labute approximate surface area is 94.0 Å². The molecule has 1 unspecified atom stereocenters. The number of esters is 1. The highest BCUT2D eigenvalue weighted by molar-refractivity contribution is 7.99. The van der Waals surface area contributed by atoms with Crippen LogP contribution in [0.5, 0.6) is 0 Å². The number of aromatic nitrogens is 2. The summed E-state index contributed by atoms with van der Waals surface area (Å²) in [6.07, 6.45) is 5.50. The quantitative estimate of drug-likeness (QED) is 0.545. The van der Waals surface area contributed by atoms with Crippen molar-refractivity contribution in [2.45, 2.75) is 13.5 Å². The Kier molecular flexibility index (Phi) is 5.25. The van der Waals surface area contributed by atoms with Crippen molar-refractivity contribution in [3.8, 4) is 0 Å². The van der Waals surface area contributed by atoms with Crippen molar-refractivity contribution in [2.75, 3.05) is 18.6 Å². The van der Waals surface area contributed by atoms with E-state index in [4.69, 9.17) is 0 Å². The summed E-state index contributed by atoms with van der Waals surface area (Å²) in [4.78, 5) is 15.0. The van der Waals surface area contributed by atoms with E-state index in [-0.39, 0.29) is 11.9 Å². The summed E-state index contributed by atoms with van der Waals surface area (Å²) in [5, 5.41) is 0. The summed E-state index contributed by atoms with van der Waals surface area (Å²) in [5.74, 6) is 1.63. The van der Waals surface area contributed by atoms with E-state index < -0.39 is 0 Å². The zero-order valence-corrected chi connectivity index (χ0v) is 9.87. The molecule has 0 aliphatic carbocycles. The van der Waals surface area contributed by atoms with Gasteiger partial charge in [-0.25, -0.2) is 4.98 Å².